The van der Waals surface area contributed by atoms with Gasteiger partial charge in [0.15, 0.2) is 0 Å². The number of hydrogen-bond acceptors (Lipinski definition) is 2. The Bertz CT molecular complexity index is 452. The van der Waals surface area contributed by atoms with Crippen LogP contribution >= 0.6 is 15.9 Å². The van der Waals surface area contributed by atoms with Gasteiger partial charge in [-0.15, -0.1) is 0 Å². The zero-order valence-electron chi connectivity index (χ0n) is 11.7. The molecule has 3 heteroatoms. The third-order valence-corrected chi connectivity index (χ3v) is 5.56. The van der Waals surface area contributed by atoms with Crippen LogP contribution in [0.4, 0.5) is 5.69 Å². The molecule has 2 aliphatic rings. The van der Waals surface area contributed by atoms with Crippen LogP contribution in [-0.4, -0.2) is 25.2 Å². The quantitative estimate of drug-likeness (QED) is 0.844. The molecule has 1 spiro atoms. The maximum absolute atomic E-state index is 3.83. The molecule has 1 aromatic carbocycles. The summed E-state index contributed by atoms with van der Waals surface area (Å²) in [6, 6.07) is 6.76. The molecule has 0 aromatic heterocycles. The largest absolute Gasteiger partial charge is 0.370 e. The van der Waals surface area contributed by atoms with Crippen molar-refractivity contribution in [2.45, 2.75) is 44.6 Å². The van der Waals surface area contributed by atoms with Gasteiger partial charge in [-0.3, -0.25) is 0 Å². The molecule has 0 amide bonds. The van der Waals surface area contributed by atoms with E-state index in [4.69, 9.17) is 0 Å². The molecule has 1 saturated heterocycles. The molecular formula is C16H23BrN2. The van der Waals surface area contributed by atoms with E-state index >= 15 is 0 Å². The topological polar surface area (TPSA) is 15.3 Å². The summed E-state index contributed by atoms with van der Waals surface area (Å²) in [5, 5.41) is 3.83. The minimum absolute atomic E-state index is 0.386. The highest BCUT2D eigenvalue weighted by molar-refractivity contribution is 9.10. The Hall–Kier alpha value is -0.540. The lowest BCUT2D eigenvalue weighted by Gasteiger charge is -2.34. The van der Waals surface area contributed by atoms with Crippen molar-refractivity contribution in [3.63, 3.8) is 0 Å². The highest BCUT2D eigenvalue weighted by Gasteiger charge is 2.36. The van der Waals surface area contributed by atoms with Crippen molar-refractivity contribution >= 4 is 21.6 Å². The molecule has 1 heterocycles. The van der Waals surface area contributed by atoms with Crippen molar-refractivity contribution in [3.05, 3.63) is 28.2 Å². The van der Waals surface area contributed by atoms with Crippen LogP contribution in [0, 0.1) is 6.92 Å². The van der Waals surface area contributed by atoms with Gasteiger partial charge in [-0.1, -0.05) is 28.8 Å². The molecule has 0 unspecified atom stereocenters. The average Bonchev–Trinajstić information content (AvgIpc) is 2.74. The summed E-state index contributed by atoms with van der Waals surface area (Å²) in [7, 11) is 0. The summed E-state index contributed by atoms with van der Waals surface area (Å²) in [6.07, 6.45) is 6.72. The highest BCUT2D eigenvalue weighted by atomic mass is 79.9. The molecule has 0 atom stereocenters. The van der Waals surface area contributed by atoms with Gasteiger partial charge in [-0.25, -0.2) is 0 Å². The predicted octanol–water partition coefficient (Wildman–Crippen LogP) is 3.87. The molecule has 0 bridgehead atoms. The molecule has 104 valence electrons. The third-order valence-electron chi connectivity index (χ3n) is 4.67. The summed E-state index contributed by atoms with van der Waals surface area (Å²) < 4.78 is 1.21. The Balaban J connectivity index is 1.84. The van der Waals surface area contributed by atoms with E-state index in [2.05, 4.69) is 51.3 Å². The van der Waals surface area contributed by atoms with Crippen molar-refractivity contribution in [3.8, 4) is 0 Å². The van der Waals surface area contributed by atoms with Gasteiger partial charge in [-0.2, -0.15) is 0 Å². The molecule has 1 saturated carbocycles. The Morgan fingerprint density at radius 2 is 2.00 bits per heavy atom. The first-order valence-corrected chi connectivity index (χ1v) is 8.24. The fraction of sp³-hybridized carbons (Fsp3) is 0.625. The van der Waals surface area contributed by atoms with Crippen molar-refractivity contribution in [1.82, 2.24) is 5.32 Å². The first-order valence-electron chi connectivity index (χ1n) is 7.45. The monoisotopic (exact) mass is 322 g/mol. The number of aryl methyl sites for hydroxylation is 1. The number of benzene rings is 1. The van der Waals surface area contributed by atoms with Gasteiger partial charge in [0.25, 0.3) is 0 Å². The van der Waals surface area contributed by atoms with Gasteiger partial charge < -0.3 is 10.2 Å². The van der Waals surface area contributed by atoms with Crippen molar-refractivity contribution in [2.75, 3.05) is 24.5 Å². The maximum Gasteiger partial charge on any atom is 0.0370 e. The van der Waals surface area contributed by atoms with Crippen LogP contribution in [0.15, 0.2) is 22.7 Å². The first-order chi connectivity index (χ1) is 9.19. The number of nitrogens with zero attached hydrogens (tertiary/aromatic N) is 1. The lowest BCUT2D eigenvalue weighted by atomic mass is 9.97. The molecule has 2 nitrogen and oxygen atoms in total. The lowest BCUT2D eigenvalue weighted by molar-refractivity contribution is 0.354. The molecule has 3 rings (SSSR count). The van der Waals surface area contributed by atoms with Gasteiger partial charge in [0.05, 0.1) is 0 Å². The van der Waals surface area contributed by atoms with E-state index in [1.807, 2.05) is 0 Å². The highest BCUT2D eigenvalue weighted by Crippen LogP contribution is 2.33. The summed E-state index contributed by atoms with van der Waals surface area (Å²) in [5.74, 6) is 0. The van der Waals surface area contributed by atoms with Crippen LogP contribution in [0.1, 0.15) is 37.7 Å². The number of hydrogen-bond donors (Lipinski definition) is 1. The zero-order chi connectivity index (χ0) is 13.3. The summed E-state index contributed by atoms with van der Waals surface area (Å²) in [5.41, 5.74) is 3.10. The van der Waals surface area contributed by atoms with E-state index in [9.17, 15) is 0 Å². The van der Waals surface area contributed by atoms with Crippen LogP contribution in [0.3, 0.4) is 0 Å². The van der Waals surface area contributed by atoms with E-state index < -0.39 is 0 Å². The summed E-state index contributed by atoms with van der Waals surface area (Å²) in [4.78, 5) is 2.59. The second-order valence-electron chi connectivity index (χ2n) is 6.12. The minimum Gasteiger partial charge on any atom is -0.370 e. The molecule has 2 fully saturated rings. The van der Waals surface area contributed by atoms with Crippen molar-refractivity contribution in [1.29, 1.82) is 0 Å². The standard InChI is InChI=1S/C16H23BrN2/c1-13-11-14(5-6-15(13)17)19-10-4-9-18-16(12-19)7-2-3-8-16/h5-6,11,18H,2-4,7-10,12H2,1H3. The molecule has 1 N–H and O–H groups in total. The molecule has 1 aliphatic carbocycles. The van der Waals surface area contributed by atoms with Crippen LogP contribution in [0.2, 0.25) is 0 Å². The van der Waals surface area contributed by atoms with Gasteiger partial charge in [0.1, 0.15) is 0 Å². The molecule has 0 radical (unpaired) electrons. The lowest BCUT2D eigenvalue weighted by Crippen LogP contribution is -2.49. The average molecular weight is 323 g/mol. The van der Waals surface area contributed by atoms with Gasteiger partial charge in [0, 0.05) is 28.8 Å². The SMILES string of the molecule is Cc1cc(N2CCCNC3(CCCC3)C2)ccc1Br. The Labute approximate surface area is 124 Å². The Kier molecular flexibility index (Phi) is 3.86. The summed E-state index contributed by atoms with van der Waals surface area (Å²) in [6.45, 7) is 5.70. The van der Waals surface area contributed by atoms with Crippen LogP contribution in [0.25, 0.3) is 0 Å². The van der Waals surface area contributed by atoms with Crippen LogP contribution in [0.5, 0.6) is 0 Å². The van der Waals surface area contributed by atoms with E-state index in [1.165, 1.54) is 67.5 Å². The maximum atomic E-state index is 3.83. The van der Waals surface area contributed by atoms with Crippen LogP contribution in [-0.2, 0) is 0 Å². The van der Waals surface area contributed by atoms with Crippen molar-refractivity contribution in [2.24, 2.45) is 0 Å². The van der Waals surface area contributed by atoms with Gasteiger partial charge in [0.2, 0.25) is 0 Å². The smallest absolute Gasteiger partial charge is 0.0370 e. The number of rotatable bonds is 1. The Morgan fingerprint density at radius 1 is 1.21 bits per heavy atom. The van der Waals surface area contributed by atoms with Crippen molar-refractivity contribution < 1.29 is 0 Å². The second-order valence-corrected chi connectivity index (χ2v) is 6.98. The van der Waals surface area contributed by atoms with E-state index in [-0.39, 0.29) is 0 Å². The van der Waals surface area contributed by atoms with Crippen LogP contribution < -0.4 is 10.2 Å². The van der Waals surface area contributed by atoms with Gasteiger partial charge >= 0.3 is 0 Å². The molecule has 19 heavy (non-hydrogen) atoms. The fourth-order valence-electron chi connectivity index (χ4n) is 3.56. The fourth-order valence-corrected chi connectivity index (χ4v) is 3.80. The zero-order valence-corrected chi connectivity index (χ0v) is 13.3. The van der Waals surface area contributed by atoms with E-state index in [0.29, 0.717) is 5.54 Å². The number of anilines is 1. The third kappa shape index (κ3) is 2.82. The summed E-state index contributed by atoms with van der Waals surface area (Å²) >= 11 is 3.60. The minimum atomic E-state index is 0.386. The first kappa shape index (κ1) is 13.4. The molecule has 1 aliphatic heterocycles. The van der Waals surface area contributed by atoms with E-state index in [1.54, 1.807) is 0 Å². The predicted molar refractivity (Wildman–Crippen MR) is 84.9 cm³/mol. The Morgan fingerprint density at radius 3 is 2.74 bits per heavy atom. The van der Waals surface area contributed by atoms with Gasteiger partial charge in [-0.05, 0) is 56.5 Å². The second kappa shape index (κ2) is 5.45. The molecular weight excluding hydrogens is 300 g/mol. The number of halogens is 1. The normalized spacial score (nSPS) is 22.7. The number of nitrogens with one attached hydrogen (secondary N) is 1. The van der Waals surface area contributed by atoms with E-state index in [0.717, 1.165) is 0 Å². The molecule has 1 aromatic rings.